The third-order valence-electron chi connectivity index (χ3n) is 2.96. The summed E-state index contributed by atoms with van der Waals surface area (Å²) >= 11 is 0. The molecule has 2 aromatic rings. The molecule has 0 heterocycles. The van der Waals surface area contributed by atoms with Crippen LogP contribution in [0.5, 0.6) is 5.75 Å². The van der Waals surface area contributed by atoms with E-state index in [1.165, 1.54) is 14.0 Å². The molecule has 0 fully saturated rings. The topological polar surface area (TPSA) is 47.9 Å². The van der Waals surface area contributed by atoms with E-state index in [9.17, 15) is 4.79 Å². The molecule has 108 valence electrons. The van der Waals surface area contributed by atoms with Gasteiger partial charge in [0, 0.05) is 12.5 Å². The number of ether oxygens (including phenoxy) is 1. The third-order valence-corrected chi connectivity index (χ3v) is 2.96. The Bertz CT molecular complexity index is 663. The Kier molecular flexibility index (Phi) is 4.72. The van der Waals surface area contributed by atoms with Crippen LogP contribution in [0.15, 0.2) is 53.7 Å². The largest absolute Gasteiger partial charge is 0.426 e. The van der Waals surface area contributed by atoms with Gasteiger partial charge >= 0.3 is 5.97 Å². The molecular weight excluding hydrogens is 266 g/mol. The van der Waals surface area contributed by atoms with Crippen LogP contribution in [0.4, 0.5) is 0 Å². The molecule has 0 aliphatic rings. The maximum atomic E-state index is 11.3. The zero-order chi connectivity index (χ0) is 15.2. The highest BCUT2D eigenvalue weighted by Crippen LogP contribution is 2.28. The predicted octanol–water partition coefficient (Wildman–Crippen LogP) is 3.65. The van der Waals surface area contributed by atoms with E-state index in [4.69, 9.17) is 9.57 Å². The monoisotopic (exact) mass is 283 g/mol. The molecule has 0 aliphatic heterocycles. The Morgan fingerprint density at radius 2 is 1.71 bits per heavy atom. The van der Waals surface area contributed by atoms with Crippen molar-refractivity contribution in [2.24, 2.45) is 5.16 Å². The Labute approximate surface area is 124 Å². The van der Waals surface area contributed by atoms with Gasteiger partial charge in [0.2, 0.25) is 0 Å². The van der Waals surface area contributed by atoms with Gasteiger partial charge in [-0.2, -0.15) is 0 Å². The van der Waals surface area contributed by atoms with Gasteiger partial charge in [-0.15, -0.1) is 0 Å². The fourth-order valence-electron chi connectivity index (χ4n) is 2.06. The van der Waals surface area contributed by atoms with Crippen LogP contribution in [-0.2, 0) is 9.63 Å². The molecule has 4 heteroatoms. The highest BCUT2D eigenvalue weighted by molar-refractivity contribution is 6.01. The average molecular weight is 283 g/mol. The van der Waals surface area contributed by atoms with Crippen molar-refractivity contribution in [1.29, 1.82) is 0 Å². The molecule has 4 nitrogen and oxygen atoms in total. The highest BCUT2D eigenvalue weighted by atomic mass is 16.6. The Hall–Kier alpha value is -2.62. The first-order valence-corrected chi connectivity index (χ1v) is 6.58. The summed E-state index contributed by atoms with van der Waals surface area (Å²) in [4.78, 5) is 16.1. The number of hydrogen-bond acceptors (Lipinski definition) is 4. The standard InChI is InChI=1S/C17H17NO3/c1-12(18-20-3)16-10-9-15(11-17(16)21-13(2)19)14-7-5-4-6-8-14/h4-11H,1-3H3/b18-12+. The van der Waals surface area contributed by atoms with Crippen molar-refractivity contribution in [3.63, 3.8) is 0 Å². The Balaban J connectivity index is 2.49. The van der Waals surface area contributed by atoms with Gasteiger partial charge in [-0.25, -0.2) is 0 Å². The quantitative estimate of drug-likeness (QED) is 0.372. The summed E-state index contributed by atoms with van der Waals surface area (Å²) in [5, 5.41) is 3.89. The van der Waals surface area contributed by atoms with Gasteiger partial charge in [-0.1, -0.05) is 41.6 Å². The molecule has 0 bridgehead atoms. The molecule has 0 unspecified atom stereocenters. The van der Waals surface area contributed by atoms with Crippen molar-refractivity contribution in [3.8, 4) is 16.9 Å². The van der Waals surface area contributed by atoms with Crippen molar-refractivity contribution >= 4 is 11.7 Å². The fourth-order valence-corrected chi connectivity index (χ4v) is 2.06. The molecule has 2 rings (SSSR count). The van der Waals surface area contributed by atoms with E-state index in [1.54, 1.807) is 6.92 Å². The third kappa shape index (κ3) is 3.69. The second kappa shape index (κ2) is 6.70. The minimum Gasteiger partial charge on any atom is -0.426 e. The lowest BCUT2D eigenvalue weighted by Crippen LogP contribution is -2.07. The summed E-state index contributed by atoms with van der Waals surface area (Å²) in [7, 11) is 1.48. The van der Waals surface area contributed by atoms with Gasteiger partial charge in [-0.3, -0.25) is 4.79 Å². The normalized spacial score (nSPS) is 11.1. The van der Waals surface area contributed by atoms with Gasteiger partial charge in [0.1, 0.15) is 12.9 Å². The molecule has 0 amide bonds. The van der Waals surface area contributed by atoms with E-state index in [-0.39, 0.29) is 5.97 Å². The zero-order valence-corrected chi connectivity index (χ0v) is 12.3. The minimum atomic E-state index is -0.369. The summed E-state index contributed by atoms with van der Waals surface area (Å²) in [5.41, 5.74) is 3.40. The van der Waals surface area contributed by atoms with E-state index >= 15 is 0 Å². The van der Waals surface area contributed by atoms with Crippen molar-refractivity contribution in [1.82, 2.24) is 0 Å². The van der Waals surface area contributed by atoms with E-state index in [2.05, 4.69) is 5.16 Å². The predicted molar refractivity (Wildman–Crippen MR) is 82.4 cm³/mol. The zero-order valence-electron chi connectivity index (χ0n) is 12.3. The second-order valence-corrected chi connectivity index (χ2v) is 4.53. The molecule has 0 spiro atoms. The first-order valence-electron chi connectivity index (χ1n) is 6.58. The molecule has 0 N–H and O–H groups in total. The maximum absolute atomic E-state index is 11.3. The van der Waals surface area contributed by atoms with E-state index in [0.717, 1.165) is 16.7 Å². The van der Waals surface area contributed by atoms with E-state index in [0.29, 0.717) is 11.5 Å². The summed E-state index contributed by atoms with van der Waals surface area (Å²) in [5.74, 6) is 0.105. The molecule has 2 aromatic carbocycles. The van der Waals surface area contributed by atoms with Crippen molar-refractivity contribution < 1.29 is 14.4 Å². The molecule has 0 aromatic heterocycles. The number of carbonyl (C=O) groups is 1. The van der Waals surface area contributed by atoms with Crippen LogP contribution in [0.3, 0.4) is 0 Å². The van der Waals surface area contributed by atoms with Gasteiger partial charge in [0.05, 0.1) is 5.71 Å². The molecule has 0 atom stereocenters. The molecule has 0 saturated heterocycles. The number of oxime groups is 1. The van der Waals surface area contributed by atoms with Crippen molar-refractivity contribution in [3.05, 3.63) is 54.1 Å². The first-order chi connectivity index (χ1) is 10.1. The summed E-state index contributed by atoms with van der Waals surface area (Å²) < 4.78 is 5.30. The second-order valence-electron chi connectivity index (χ2n) is 4.53. The van der Waals surface area contributed by atoms with Gasteiger partial charge in [-0.05, 0) is 30.2 Å². The van der Waals surface area contributed by atoms with Crippen LogP contribution in [0.2, 0.25) is 0 Å². The molecule has 21 heavy (non-hydrogen) atoms. The first kappa shape index (κ1) is 14.8. The Morgan fingerprint density at radius 3 is 2.33 bits per heavy atom. The maximum Gasteiger partial charge on any atom is 0.308 e. The number of nitrogens with zero attached hydrogens (tertiary/aromatic N) is 1. The summed E-state index contributed by atoms with van der Waals surface area (Å²) in [6.07, 6.45) is 0. The van der Waals surface area contributed by atoms with Gasteiger partial charge in [0.25, 0.3) is 0 Å². The summed E-state index contributed by atoms with van der Waals surface area (Å²) in [6.45, 7) is 3.18. The SMILES string of the molecule is CO/N=C(\C)c1ccc(-c2ccccc2)cc1OC(C)=O. The van der Waals surface area contributed by atoms with Crippen LogP contribution in [0, 0.1) is 0 Å². The number of esters is 1. The molecule has 0 radical (unpaired) electrons. The number of benzene rings is 2. The van der Waals surface area contributed by atoms with Crippen molar-refractivity contribution in [2.75, 3.05) is 7.11 Å². The van der Waals surface area contributed by atoms with E-state index < -0.39 is 0 Å². The molecule has 0 aliphatic carbocycles. The van der Waals surface area contributed by atoms with E-state index in [1.807, 2.05) is 48.5 Å². The van der Waals surface area contributed by atoms with Crippen LogP contribution in [-0.4, -0.2) is 18.8 Å². The van der Waals surface area contributed by atoms with Gasteiger partial charge < -0.3 is 9.57 Å². The Morgan fingerprint density at radius 1 is 1.00 bits per heavy atom. The molecule has 0 saturated carbocycles. The molecular formula is C17H17NO3. The average Bonchev–Trinajstić information content (AvgIpc) is 2.47. The lowest BCUT2D eigenvalue weighted by molar-refractivity contribution is -0.131. The van der Waals surface area contributed by atoms with Crippen LogP contribution >= 0.6 is 0 Å². The fraction of sp³-hybridized carbons (Fsp3) is 0.176. The lowest BCUT2D eigenvalue weighted by Gasteiger charge is -2.11. The minimum absolute atomic E-state index is 0.369. The highest BCUT2D eigenvalue weighted by Gasteiger charge is 2.11. The van der Waals surface area contributed by atoms with Crippen LogP contribution in [0.25, 0.3) is 11.1 Å². The van der Waals surface area contributed by atoms with Gasteiger partial charge in [0.15, 0.2) is 0 Å². The van der Waals surface area contributed by atoms with Crippen molar-refractivity contribution in [2.45, 2.75) is 13.8 Å². The summed E-state index contributed by atoms with van der Waals surface area (Å²) in [6, 6.07) is 15.6. The number of carbonyl (C=O) groups excluding carboxylic acids is 1. The smallest absolute Gasteiger partial charge is 0.308 e. The lowest BCUT2D eigenvalue weighted by atomic mass is 10.0. The van der Waals surface area contributed by atoms with Crippen LogP contribution in [0.1, 0.15) is 19.4 Å². The van der Waals surface area contributed by atoms with Crippen LogP contribution < -0.4 is 4.74 Å². The number of hydrogen-bond donors (Lipinski definition) is 0. The number of rotatable bonds is 4.